The highest BCUT2D eigenvalue weighted by Gasteiger charge is 2.45. The number of esters is 1. The second kappa shape index (κ2) is 16.0. The number of fused-ring (bicyclic) bond motifs is 4. The quantitative estimate of drug-likeness (QED) is 0.0776. The lowest BCUT2D eigenvalue weighted by Gasteiger charge is -2.35. The normalized spacial score (nSPS) is 18.0. The number of thiophene rings is 2. The van der Waals surface area contributed by atoms with E-state index in [0.29, 0.717) is 45.4 Å². The van der Waals surface area contributed by atoms with Crippen LogP contribution in [-0.4, -0.2) is 68.6 Å². The van der Waals surface area contributed by atoms with Crippen LogP contribution < -0.4 is 10.9 Å². The van der Waals surface area contributed by atoms with Crippen LogP contribution in [-0.2, 0) is 40.9 Å². The second-order valence-corrected chi connectivity index (χ2v) is 16.8. The molecule has 4 aromatic heterocycles. The Morgan fingerprint density at radius 1 is 1.07 bits per heavy atom. The number of benzene rings is 2. The van der Waals surface area contributed by atoms with Gasteiger partial charge >= 0.3 is 5.97 Å². The van der Waals surface area contributed by atoms with Gasteiger partial charge in [-0.1, -0.05) is 23.4 Å². The molecule has 1 atom stereocenters. The summed E-state index contributed by atoms with van der Waals surface area (Å²) in [6, 6.07) is 15.9. The molecular formula is C42H46N4O7S2. The summed E-state index contributed by atoms with van der Waals surface area (Å²) < 4.78 is 11.9. The van der Waals surface area contributed by atoms with Crippen LogP contribution in [0.2, 0.25) is 0 Å². The lowest BCUT2D eigenvalue weighted by molar-refractivity contribution is -0.169. The van der Waals surface area contributed by atoms with E-state index in [1.54, 1.807) is 24.3 Å². The SMILES string of the molecule is CN(CCCc1noc2cc(CNC[C@H](O)c3ccc(O)c4[nH]c(=O)ccc34)c3c(c12)CCC3)C1CCC(OC(=O)C(O)(c2cccs2)c2cccs2)CC1. The van der Waals surface area contributed by atoms with Gasteiger partial charge < -0.3 is 39.8 Å². The maximum Gasteiger partial charge on any atom is 0.349 e. The van der Waals surface area contributed by atoms with Gasteiger partial charge in [0.05, 0.1) is 27.1 Å². The third-order valence-corrected chi connectivity index (χ3v) is 13.4. The Morgan fingerprint density at radius 3 is 2.55 bits per heavy atom. The van der Waals surface area contributed by atoms with Crippen LogP contribution in [0.1, 0.15) is 82.3 Å². The molecule has 2 aliphatic carbocycles. The number of phenolic OH excluding ortho intramolecular Hbond substituents is 1. The van der Waals surface area contributed by atoms with Crippen molar-refractivity contribution in [2.75, 3.05) is 20.1 Å². The summed E-state index contributed by atoms with van der Waals surface area (Å²) in [7, 11) is 2.17. The first-order chi connectivity index (χ1) is 26.7. The minimum Gasteiger partial charge on any atom is -0.506 e. The van der Waals surface area contributed by atoms with Crippen molar-refractivity contribution in [3.8, 4) is 5.75 Å². The highest BCUT2D eigenvalue weighted by atomic mass is 32.1. The Bertz CT molecular complexity index is 2290. The van der Waals surface area contributed by atoms with E-state index < -0.39 is 17.7 Å². The van der Waals surface area contributed by atoms with E-state index in [4.69, 9.17) is 9.26 Å². The van der Waals surface area contributed by atoms with Crippen molar-refractivity contribution in [2.24, 2.45) is 0 Å². The number of phenols is 1. The fraction of sp³-hybridized carbons (Fsp3) is 0.405. The van der Waals surface area contributed by atoms with Crippen molar-refractivity contribution in [2.45, 2.75) is 88.2 Å². The van der Waals surface area contributed by atoms with Crippen molar-refractivity contribution >= 4 is 50.5 Å². The van der Waals surface area contributed by atoms with Gasteiger partial charge in [0.1, 0.15) is 11.9 Å². The molecule has 4 heterocycles. The van der Waals surface area contributed by atoms with E-state index in [1.807, 2.05) is 22.9 Å². The molecule has 1 saturated carbocycles. The largest absolute Gasteiger partial charge is 0.506 e. The highest BCUT2D eigenvalue weighted by molar-refractivity contribution is 7.12. The number of carbonyl (C=O) groups is 1. The molecule has 0 spiro atoms. The van der Waals surface area contributed by atoms with E-state index in [0.717, 1.165) is 86.6 Å². The molecule has 0 saturated heterocycles. The summed E-state index contributed by atoms with van der Waals surface area (Å²) in [5.41, 5.74) is 4.48. The van der Waals surface area contributed by atoms with Crippen LogP contribution in [0, 0.1) is 0 Å². The molecule has 6 aromatic rings. The number of aromatic nitrogens is 2. The zero-order valence-corrected chi connectivity index (χ0v) is 32.4. The number of aliphatic hydroxyl groups excluding tert-OH is 1. The molecular weight excluding hydrogens is 737 g/mol. The van der Waals surface area contributed by atoms with Gasteiger partial charge in [-0.05, 0) is 135 Å². The number of hydrogen-bond acceptors (Lipinski definition) is 12. The number of rotatable bonds is 14. The fourth-order valence-electron chi connectivity index (χ4n) is 8.52. The fourth-order valence-corrected chi connectivity index (χ4v) is 10.2. The Balaban J connectivity index is 0.842. The minimum atomic E-state index is -1.78. The van der Waals surface area contributed by atoms with Crippen molar-refractivity contribution in [1.82, 2.24) is 20.4 Å². The topological polar surface area (TPSA) is 161 Å². The molecule has 2 aromatic carbocycles. The number of H-pyrrole nitrogens is 1. The first-order valence-electron chi connectivity index (χ1n) is 19.1. The number of hydrogen-bond donors (Lipinski definition) is 5. The average molecular weight is 783 g/mol. The smallest absolute Gasteiger partial charge is 0.349 e. The van der Waals surface area contributed by atoms with E-state index in [2.05, 4.69) is 33.5 Å². The van der Waals surface area contributed by atoms with E-state index in [9.17, 15) is 24.9 Å². The number of carbonyl (C=O) groups excluding carboxylic acids is 1. The number of aromatic amines is 1. The number of ether oxygens (including phenoxy) is 1. The number of pyridine rings is 1. The highest BCUT2D eigenvalue weighted by Crippen LogP contribution is 2.39. The molecule has 0 aliphatic heterocycles. The van der Waals surface area contributed by atoms with Gasteiger partial charge in [0, 0.05) is 36.0 Å². The van der Waals surface area contributed by atoms with Crippen LogP contribution in [0.25, 0.3) is 21.9 Å². The number of aromatic hydroxyl groups is 1. The molecule has 2 aliphatic rings. The Kier molecular flexibility index (Phi) is 10.9. The van der Waals surface area contributed by atoms with Gasteiger partial charge in [-0.3, -0.25) is 4.79 Å². The molecule has 0 radical (unpaired) electrons. The standard InChI is InChI=1S/C42H46N4O7S2/c1-46(26-11-13-27(14-12-26)52-41(50)42(51,36-9-4-20-54-36)37-10-5-21-55-37)19-3-8-32-39-30-7-2-6-28(30)25(22-35(39)53-45-32)23-43-24-34(48)29-15-17-33(47)40-31(29)16-18-38(49)44-40/h4-5,9-10,15-18,20-22,26-27,34,43,47-48,51H,2-3,6-8,11-14,19,23-24H2,1H3,(H,44,49)/t26?,27?,34-/m0/s1. The van der Waals surface area contributed by atoms with Crippen molar-refractivity contribution in [3.05, 3.63) is 113 Å². The zero-order chi connectivity index (χ0) is 38.1. The Labute approximate surface area is 326 Å². The third kappa shape index (κ3) is 7.49. The summed E-state index contributed by atoms with van der Waals surface area (Å²) in [6.07, 6.45) is 7.13. The van der Waals surface area contributed by atoms with Gasteiger partial charge in [0.2, 0.25) is 11.2 Å². The van der Waals surface area contributed by atoms with Gasteiger partial charge in [-0.25, -0.2) is 4.79 Å². The molecule has 0 amide bonds. The molecule has 55 heavy (non-hydrogen) atoms. The molecule has 11 nitrogen and oxygen atoms in total. The van der Waals surface area contributed by atoms with Crippen LogP contribution in [0.3, 0.4) is 0 Å². The summed E-state index contributed by atoms with van der Waals surface area (Å²) in [5.74, 6) is -0.628. The number of aryl methyl sites for hydroxylation is 2. The van der Waals surface area contributed by atoms with Crippen LogP contribution in [0.15, 0.2) is 74.7 Å². The molecule has 5 N–H and O–H groups in total. The van der Waals surface area contributed by atoms with Gasteiger partial charge in [0.25, 0.3) is 0 Å². The molecule has 288 valence electrons. The van der Waals surface area contributed by atoms with Crippen molar-refractivity contribution in [3.63, 3.8) is 0 Å². The van der Waals surface area contributed by atoms with Crippen molar-refractivity contribution < 1.29 is 29.4 Å². The molecule has 1 fully saturated rings. The monoisotopic (exact) mass is 782 g/mol. The van der Waals surface area contributed by atoms with Crippen LogP contribution in [0.5, 0.6) is 5.75 Å². The predicted molar refractivity (Wildman–Crippen MR) is 214 cm³/mol. The lowest BCUT2D eigenvalue weighted by atomic mass is 9.91. The minimum absolute atomic E-state index is 0.0332. The maximum absolute atomic E-state index is 13.4. The van der Waals surface area contributed by atoms with Gasteiger partial charge in [-0.15, -0.1) is 22.7 Å². The van der Waals surface area contributed by atoms with E-state index in [-0.39, 0.29) is 17.4 Å². The first kappa shape index (κ1) is 37.5. The van der Waals surface area contributed by atoms with Gasteiger partial charge in [0.15, 0.2) is 5.58 Å². The number of nitrogens with one attached hydrogen (secondary N) is 2. The first-order valence-corrected chi connectivity index (χ1v) is 20.8. The van der Waals surface area contributed by atoms with E-state index in [1.165, 1.54) is 45.9 Å². The maximum atomic E-state index is 13.4. The van der Waals surface area contributed by atoms with Crippen LogP contribution >= 0.6 is 22.7 Å². The zero-order valence-electron chi connectivity index (χ0n) is 30.8. The summed E-state index contributed by atoms with van der Waals surface area (Å²) in [5, 5.41) is 46.3. The van der Waals surface area contributed by atoms with Crippen LogP contribution in [0.4, 0.5) is 0 Å². The average Bonchev–Trinajstić information content (AvgIpc) is 4.03. The molecule has 0 unspecified atom stereocenters. The third-order valence-electron chi connectivity index (χ3n) is 11.4. The second-order valence-electron chi connectivity index (χ2n) is 14.9. The molecule has 13 heteroatoms. The number of aliphatic hydroxyl groups is 2. The molecule has 8 rings (SSSR count). The van der Waals surface area contributed by atoms with E-state index >= 15 is 0 Å². The number of nitrogens with zero attached hydrogens (tertiary/aromatic N) is 2. The summed E-state index contributed by atoms with van der Waals surface area (Å²) in [6.45, 7) is 1.77. The Morgan fingerprint density at radius 2 is 1.82 bits per heavy atom. The molecule has 0 bridgehead atoms. The van der Waals surface area contributed by atoms with Crippen molar-refractivity contribution in [1.29, 1.82) is 0 Å². The summed E-state index contributed by atoms with van der Waals surface area (Å²) >= 11 is 2.71. The Hall–Kier alpha value is -4.37. The predicted octanol–water partition coefficient (Wildman–Crippen LogP) is 6.46. The summed E-state index contributed by atoms with van der Waals surface area (Å²) in [4.78, 5) is 31.5. The van der Waals surface area contributed by atoms with Gasteiger partial charge in [-0.2, -0.15) is 0 Å². The lowest BCUT2D eigenvalue weighted by Crippen LogP contribution is -2.42.